The van der Waals surface area contributed by atoms with Crippen molar-refractivity contribution in [1.82, 2.24) is 13.5 Å². The van der Waals surface area contributed by atoms with Crippen LogP contribution in [0.15, 0.2) is 24.3 Å². The summed E-state index contributed by atoms with van der Waals surface area (Å²) in [5, 5.41) is 2.73. The summed E-state index contributed by atoms with van der Waals surface area (Å²) < 4.78 is 41.6. The van der Waals surface area contributed by atoms with Crippen molar-refractivity contribution in [3.05, 3.63) is 30.1 Å². The molecule has 2 heterocycles. The number of hydrogen-bond acceptors (Lipinski definition) is 4. The molecule has 7 nitrogen and oxygen atoms in total. The highest BCUT2D eigenvalue weighted by Gasteiger charge is 2.34. The van der Waals surface area contributed by atoms with E-state index in [1.165, 1.54) is 28.6 Å². The van der Waals surface area contributed by atoms with Crippen LogP contribution in [-0.4, -0.2) is 73.6 Å². The SMILES string of the molecule is CC1CCN(S(=O)(=O)N2CCN(CC(=O)Nc3ccc(F)cc3)CC2)CC1. The van der Waals surface area contributed by atoms with Crippen LogP contribution in [0.25, 0.3) is 0 Å². The number of piperazine rings is 1. The second kappa shape index (κ2) is 8.64. The van der Waals surface area contributed by atoms with E-state index >= 15 is 0 Å². The largest absolute Gasteiger partial charge is 0.325 e. The summed E-state index contributed by atoms with van der Waals surface area (Å²) in [7, 11) is -3.41. The van der Waals surface area contributed by atoms with Gasteiger partial charge in [0.25, 0.3) is 10.2 Å². The Morgan fingerprint density at radius 1 is 1.04 bits per heavy atom. The first-order chi connectivity index (χ1) is 12.8. The molecule has 2 fully saturated rings. The summed E-state index contributed by atoms with van der Waals surface area (Å²) in [5.74, 6) is 0.0318. The molecule has 27 heavy (non-hydrogen) atoms. The molecule has 1 N–H and O–H groups in total. The number of rotatable bonds is 5. The molecular formula is C18H27FN4O3S. The third-order valence-corrected chi connectivity index (χ3v) is 7.26. The third-order valence-electron chi connectivity index (χ3n) is 5.22. The molecule has 0 saturated carbocycles. The van der Waals surface area contributed by atoms with Crippen LogP contribution in [0.2, 0.25) is 0 Å². The molecule has 1 amide bonds. The number of amides is 1. The molecule has 1 aromatic rings. The van der Waals surface area contributed by atoms with Gasteiger partial charge in [-0.3, -0.25) is 9.69 Å². The van der Waals surface area contributed by atoms with E-state index in [9.17, 15) is 17.6 Å². The van der Waals surface area contributed by atoms with E-state index < -0.39 is 10.2 Å². The number of carbonyl (C=O) groups excluding carboxylic acids is 1. The van der Waals surface area contributed by atoms with Gasteiger partial charge in [-0.15, -0.1) is 0 Å². The molecule has 0 radical (unpaired) electrons. The Bertz CT molecular complexity index is 740. The lowest BCUT2D eigenvalue weighted by molar-refractivity contribution is -0.117. The van der Waals surface area contributed by atoms with Crippen LogP contribution in [0.3, 0.4) is 0 Å². The zero-order valence-corrected chi connectivity index (χ0v) is 16.4. The molecule has 0 aromatic heterocycles. The minimum absolute atomic E-state index is 0.187. The van der Waals surface area contributed by atoms with Gasteiger partial charge in [-0.2, -0.15) is 17.0 Å². The molecule has 2 saturated heterocycles. The average Bonchev–Trinajstić information content (AvgIpc) is 2.64. The van der Waals surface area contributed by atoms with Crippen LogP contribution in [0.4, 0.5) is 10.1 Å². The Morgan fingerprint density at radius 3 is 2.19 bits per heavy atom. The van der Waals surface area contributed by atoms with E-state index in [1.807, 2.05) is 4.90 Å². The molecular weight excluding hydrogens is 371 g/mol. The molecule has 150 valence electrons. The lowest BCUT2D eigenvalue weighted by Crippen LogP contribution is -2.55. The first-order valence-corrected chi connectivity index (χ1v) is 10.8. The van der Waals surface area contributed by atoms with Crippen LogP contribution in [0, 0.1) is 11.7 Å². The maximum Gasteiger partial charge on any atom is 0.282 e. The fourth-order valence-electron chi connectivity index (χ4n) is 3.43. The van der Waals surface area contributed by atoms with Crippen molar-refractivity contribution in [3.63, 3.8) is 0 Å². The Hall–Kier alpha value is -1.55. The van der Waals surface area contributed by atoms with Crippen LogP contribution in [0.5, 0.6) is 0 Å². The standard InChI is InChI=1S/C18H27FN4O3S/c1-15-6-8-22(9-7-15)27(25,26)23-12-10-21(11-13-23)14-18(24)20-17-4-2-16(19)3-5-17/h2-5,15H,6-14H2,1H3,(H,20,24). The van der Waals surface area contributed by atoms with Gasteiger partial charge in [0.05, 0.1) is 6.54 Å². The first kappa shape index (κ1) is 20.2. The fraction of sp³-hybridized carbons (Fsp3) is 0.611. The molecule has 0 atom stereocenters. The highest BCUT2D eigenvalue weighted by Crippen LogP contribution is 2.21. The van der Waals surface area contributed by atoms with Crippen molar-refractivity contribution >= 4 is 21.8 Å². The highest BCUT2D eigenvalue weighted by molar-refractivity contribution is 7.86. The summed E-state index contributed by atoms with van der Waals surface area (Å²) in [6.07, 6.45) is 1.81. The number of piperidine rings is 1. The first-order valence-electron chi connectivity index (χ1n) is 9.37. The smallest absolute Gasteiger partial charge is 0.282 e. The summed E-state index contributed by atoms with van der Waals surface area (Å²) in [6.45, 7) is 5.32. The molecule has 0 spiro atoms. The predicted octanol–water partition coefficient (Wildman–Crippen LogP) is 1.36. The van der Waals surface area contributed by atoms with Crippen LogP contribution in [-0.2, 0) is 15.0 Å². The highest BCUT2D eigenvalue weighted by atomic mass is 32.2. The van der Waals surface area contributed by atoms with Gasteiger partial charge in [-0.1, -0.05) is 6.92 Å². The molecule has 2 aliphatic heterocycles. The summed E-state index contributed by atoms with van der Waals surface area (Å²) in [6, 6.07) is 5.61. The number of carbonyl (C=O) groups is 1. The van der Waals surface area contributed by atoms with E-state index in [0.29, 0.717) is 50.9 Å². The van der Waals surface area contributed by atoms with Gasteiger partial charge < -0.3 is 5.32 Å². The van der Waals surface area contributed by atoms with E-state index in [2.05, 4.69) is 12.2 Å². The van der Waals surface area contributed by atoms with Crippen molar-refractivity contribution in [1.29, 1.82) is 0 Å². The molecule has 3 rings (SSSR count). The Kier molecular flexibility index (Phi) is 6.46. The minimum atomic E-state index is -3.41. The van der Waals surface area contributed by atoms with Gasteiger partial charge in [-0.05, 0) is 43.0 Å². The lowest BCUT2D eigenvalue weighted by Gasteiger charge is -2.38. The van der Waals surface area contributed by atoms with E-state index in [0.717, 1.165) is 12.8 Å². The molecule has 1 aromatic carbocycles. The third kappa shape index (κ3) is 5.25. The van der Waals surface area contributed by atoms with Gasteiger partial charge in [0.2, 0.25) is 5.91 Å². The van der Waals surface area contributed by atoms with Crippen molar-refractivity contribution in [3.8, 4) is 0 Å². The summed E-state index contributed by atoms with van der Waals surface area (Å²) in [5.41, 5.74) is 0.543. The zero-order valence-electron chi connectivity index (χ0n) is 15.6. The fourth-order valence-corrected chi connectivity index (χ4v) is 5.06. The van der Waals surface area contributed by atoms with Gasteiger partial charge >= 0.3 is 0 Å². The number of anilines is 1. The number of halogens is 1. The molecule has 0 unspecified atom stereocenters. The number of hydrogen-bond donors (Lipinski definition) is 1. The monoisotopic (exact) mass is 398 g/mol. The Labute approximate surface area is 160 Å². The van der Waals surface area contributed by atoms with Crippen molar-refractivity contribution in [2.75, 3.05) is 51.1 Å². The average molecular weight is 399 g/mol. The van der Waals surface area contributed by atoms with Crippen LogP contribution in [0.1, 0.15) is 19.8 Å². The van der Waals surface area contributed by atoms with Gasteiger partial charge in [0.1, 0.15) is 5.82 Å². The summed E-state index contributed by atoms with van der Waals surface area (Å²) in [4.78, 5) is 14.1. The van der Waals surface area contributed by atoms with Crippen molar-refractivity contribution in [2.24, 2.45) is 5.92 Å². The normalized spacial score (nSPS) is 21.3. The molecule has 0 aliphatic carbocycles. The topological polar surface area (TPSA) is 73.0 Å². The molecule has 9 heteroatoms. The Morgan fingerprint density at radius 2 is 1.59 bits per heavy atom. The quantitative estimate of drug-likeness (QED) is 0.813. The summed E-state index contributed by atoms with van der Waals surface area (Å²) >= 11 is 0. The van der Waals surface area contributed by atoms with Crippen molar-refractivity contribution < 1.29 is 17.6 Å². The zero-order chi connectivity index (χ0) is 19.4. The van der Waals surface area contributed by atoms with E-state index in [-0.39, 0.29) is 18.3 Å². The van der Waals surface area contributed by atoms with Crippen LogP contribution >= 0.6 is 0 Å². The maximum atomic E-state index is 12.9. The van der Waals surface area contributed by atoms with Crippen molar-refractivity contribution in [2.45, 2.75) is 19.8 Å². The Balaban J connectivity index is 1.47. The van der Waals surface area contributed by atoms with E-state index in [1.54, 1.807) is 4.31 Å². The second-order valence-corrected chi connectivity index (χ2v) is 9.25. The maximum absolute atomic E-state index is 12.9. The van der Waals surface area contributed by atoms with Gasteiger partial charge in [0, 0.05) is 45.0 Å². The predicted molar refractivity (Wildman–Crippen MR) is 102 cm³/mol. The number of benzene rings is 1. The number of nitrogens with zero attached hydrogens (tertiary/aromatic N) is 3. The lowest BCUT2D eigenvalue weighted by atomic mass is 10.0. The van der Waals surface area contributed by atoms with E-state index in [4.69, 9.17) is 0 Å². The second-order valence-electron chi connectivity index (χ2n) is 7.32. The minimum Gasteiger partial charge on any atom is -0.325 e. The van der Waals surface area contributed by atoms with Gasteiger partial charge in [0.15, 0.2) is 0 Å². The van der Waals surface area contributed by atoms with Crippen LogP contribution < -0.4 is 5.32 Å². The number of nitrogens with one attached hydrogen (secondary N) is 1. The van der Waals surface area contributed by atoms with Gasteiger partial charge in [-0.25, -0.2) is 4.39 Å². The molecule has 2 aliphatic rings. The molecule has 0 bridgehead atoms.